The minimum atomic E-state index is -0.379. The van der Waals surface area contributed by atoms with Gasteiger partial charge < -0.3 is 19.9 Å². The zero-order chi connectivity index (χ0) is 12.4. The van der Waals surface area contributed by atoms with E-state index in [2.05, 4.69) is 5.16 Å². The number of morpholine rings is 1. The summed E-state index contributed by atoms with van der Waals surface area (Å²) >= 11 is 4.86. The van der Waals surface area contributed by atoms with Gasteiger partial charge >= 0.3 is 0 Å². The number of ether oxygens (including phenoxy) is 1. The summed E-state index contributed by atoms with van der Waals surface area (Å²) in [5.41, 5.74) is 5.80. The largest absolute Gasteiger partial charge is 0.391 e. The maximum Gasteiger partial charge on any atom is 0.276 e. The summed E-state index contributed by atoms with van der Waals surface area (Å²) in [5, 5.41) is 3.69. The molecular weight excluding hydrogens is 242 g/mol. The molecule has 2 N–H and O–H groups in total. The van der Waals surface area contributed by atoms with Crippen LogP contribution in [0.15, 0.2) is 10.6 Å². The number of rotatable bonds is 2. The van der Waals surface area contributed by atoms with E-state index in [1.54, 1.807) is 17.9 Å². The van der Waals surface area contributed by atoms with Crippen LogP contribution >= 0.6 is 12.2 Å². The molecular formula is C10H13N3O3S. The number of hydrogen-bond acceptors (Lipinski definition) is 5. The third-order valence-electron chi connectivity index (χ3n) is 2.52. The summed E-state index contributed by atoms with van der Waals surface area (Å²) < 4.78 is 10.2. The Morgan fingerprint density at radius 2 is 2.47 bits per heavy atom. The third-order valence-corrected chi connectivity index (χ3v) is 2.78. The molecule has 17 heavy (non-hydrogen) atoms. The molecule has 1 unspecified atom stereocenters. The molecule has 0 radical (unpaired) electrons. The fraction of sp³-hybridized carbons (Fsp3) is 0.500. The molecule has 1 aromatic rings. The van der Waals surface area contributed by atoms with E-state index < -0.39 is 0 Å². The number of aromatic nitrogens is 1. The number of hydrogen-bond donors (Lipinski definition) is 1. The van der Waals surface area contributed by atoms with Gasteiger partial charge in [0.25, 0.3) is 5.91 Å². The zero-order valence-electron chi connectivity index (χ0n) is 9.38. The monoisotopic (exact) mass is 255 g/mol. The van der Waals surface area contributed by atoms with Crippen molar-refractivity contribution in [2.45, 2.75) is 13.0 Å². The molecule has 7 heteroatoms. The summed E-state index contributed by atoms with van der Waals surface area (Å²) in [4.78, 5) is 13.9. The molecule has 1 atom stereocenters. The third kappa shape index (κ3) is 2.62. The normalized spacial score (nSPS) is 20.3. The first-order valence-corrected chi connectivity index (χ1v) is 5.62. The van der Waals surface area contributed by atoms with Crippen molar-refractivity contribution in [3.05, 3.63) is 17.5 Å². The molecule has 92 valence electrons. The number of carbonyl (C=O) groups excluding carboxylic acids is 1. The average Bonchev–Trinajstić information content (AvgIpc) is 2.75. The van der Waals surface area contributed by atoms with Crippen LogP contribution < -0.4 is 5.73 Å². The molecule has 2 heterocycles. The first kappa shape index (κ1) is 12.0. The van der Waals surface area contributed by atoms with Gasteiger partial charge in [0, 0.05) is 12.6 Å². The van der Waals surface area contributed by atoms with Crippen molar-refractivity contribution in [3.63, 3.8) is 0 Å². The lowest BCUT2D eigenvalue weighted by Gasteiger charge is -2.31. The predicted molar refractivity (Wildman–Crippen MR) is 63.7 cm³/mol. The zero-order valence-corrected chi connectivity index (χ0v) is 10.2. The second kappa shape index (κ2) is 4.80. The van der Waals surface area contributed by atoms with Gasteiger partial charge in [0.2, 0.25) is 0 Å². The number of nitrogens with zero attached hydrogens (tertiary/aromatic N) is 2. The second-order valence-corrected chi connectivity index (χ2v) is 4.31. The fourth-order valence-corrected chi connectivity index (χ4v) is 1.78. The molecule has 6 nitrogen and oxygen atoms in total. The molecule has 1 aliphatic heterocycles. The lowest BCUT2D eigenvalue weighted by atomic mass is 10.2. The van der Waals surface area contributed by atoms with Crippen LogP contribution in [0.5, 0.6) is 0 Å². The Labute approximate surface area is 104 Å². The van der Waals surface area contributed by atoms with Gasteiger partial charge in [-0.2, -0.15) is 0 Å². The minimum absolute atomic E-state index is 0.189. The summed E-state index contributed by atoms with van der Waals surface area (Å²) in [6.45, 7) is 3.02. The molecule has 1 saturated heterocycles. The van der Waals surface area contributed by atoms with Crippen LogP contribution in [0.3, 0.4) is 0 Å². The Morgan fingerprint density at radius 1 is 1.71 bits per heavy atom. The molecule has 0 spiro atoms. The van der Waals surface area contributed by atoms with Crippen LogP contribution in [0, 0.1) is 6.92 Å². The summed E-state index contributed by atoms with van der Waals surface area (Å²) in [7, 11) is 0. The standard InChI is InChI=1S/C10H13N3O3S/c1-6-4-7(12-16-6)10(14)13-2-3-15-8(5-13)9(11)17/h4,8H,2-3,5H2,1H3,(H2,11,17). The number of amides is 1. The first-order chi connectivity index (χ1) is 8.08. The van der Waals surface area contributed by atoms with Gasteiger partial charge in [-0.1, -0.05) is 17.4 Å². The Bertz CT molecular complexity index is 446. The van der Waals surface area contributed by atoms with E-state index in [4.69, 9.17) is 27.2 Å². The topological polar surface area (TPSA) is 81.6 Å². The van der Waals surface area contributed by atoms with Crippen molar-refractivity contribution >= 4 is 23.1 Å². The molecule has 0 bridgehead atoms. The summed E-state index contributed by atoms with van der Waals surface area (Å²) in [5.74, 6) is 0.416. The number of nitrogens with two attached hydrogens (primary N) is 1. The predicted octanol–water partition coefficient (Wildman–Crippen LogP) is 0.110. The Morgan fingerprint density at radius 3 is 3.06 bits per heavy atom. The second-order valence-electron chi connectivity index (χ2n) is 3.84. The fourth-order valence-electron chi connectivity index (χ4n) is 1.64. The van der Waals surface area contributed by atoms with Crippen molar-refractivity contribution in [1.29, 1.82) is 0 Å². The van der Waals surface area contributed by atoms with Gasteiger partial charge in [0.15, 0.2) is 5.69 Å². The minimum Gasteiger partial charge on any atom is -0.391 e. The number of thiocarbonyl (C=S) groups is 1. The molecule has 0 saturated carbocycles. The van der Waals surface area contributed by atoms with Crippen LogP contribution in [0.1, 0.15) is 16.2 Å². The van der Waals surface area contributed by atoms with Crippen LogP contribution in [0.25, 0.3) is 0 Å². The van der Waals surface area contributed by atoms with Crippen molar-refractivity contribution in [2.24, 2.45) is 5.73 Å². The van der Waals surface area contributed by atoms with E-state index in [0.717, 1.165) is 0 Å². The number of aryl methyl sites for hydroxylation is 1. The molecule has 1 amide bonds. The van der Waals surface area contributed by atoms with Gasteiger partial charge in [-0.25, -0.2) is 0 Å². The van der Waals surface area contributed by atoms with Crippen molar-refractivity contribution in [1.82, 2.24) is 10.1 Å². The van der Waals surface area contributed by atoms with Gasteiger partial charge in [0.05, 0.1) is 13.2 Å². The first-order valence-electron chi connectivity index (χ1n) is 5.21. The maximum absolute atomic E-state index is 12.0. The van der Waals surface area contributed by atoms with E-state index in [0.29, 0.717) is 31.2 Å². The van der Waals surface area contributed by atoms with Crippen molar-refractivity contribution < 1.29 is 14.1 Å². The van der Waals surface area contributed by atoms with Crippen LogP contribution in [-0.4, -0.2) is 46.8 Å². The van der Waals surface area contributed by atoms with E-state index in [-0.39, 0.29) is 17.0 Å². The van der Waals surface area contributed by atoms with Crippen LogP contribution in [0.4, 0.5) is 0 Å². The van der Waals surface area contributed by atoms with Gasteiger partial charge in [-0.3, -0.25) is 4.79 Å². The molecule has 0 aromatic carbocycles. The highest BCUT2D eigenvalue weighted by Gasteiger charge is 2.27. The summed E-state index contributed by atoms with van der Waals surface area (Å²) in [6, 6.07) is 1.60. The van der Waals surface area contributed by atoms with Gasteiger partial charge in [-0.05, 0) is 6.92 Å². The smallest absolute Gasteiger partial charge is 0.276 e. The molecule has 1 aliphatic rings. The molecule has 1 fully saturated rings. The van der Waals surface area contributed by atoms with Crippen LogP contribution in [-0.2, 0) is 4.74 Å². The average molecular weight is 255 g/mol. The number of carbonyl (C=O) groups is 1. The Kier molecular flexibility index (Phi) is 3.39. The van der Waals surface area contributed by atoms with Crippen molar-refractivity contribution in [2.75, 3.05) is 19.7 Å². The Balaban J connectivity index is 2.07. The molecule has 1 aromatic heterocycles. The van der Waals surface area contributed by atoms with E-state index in [1.807, 2.05) is 0 Å². The maximum atomic E-state index is 12.0. The van der Waals surface area contributed by atoms with E-state index in [1.165, 1.54) is 0 Å². The summed E-state index contributed by atoms with van der Waals surface area (Å²) in [6.07, 6.45) is -0.379. The van der Waals surface area contributed by atoms with Gasteiger partial charge in [-0.15, -0.1) is 0 Å². The Hall–Kier alpha value is -1.47. The highest BCUT2D eigenvalue weighted by atomic mass is 32.1. The highest BCUT2D eigenvalue weighted by molar-refractivity contribution is 7.80. The van der Waals surface area contributed by atoms with Crippen molar-refractivity contribution in [3.8, 4) is 0 Å². The molecule has 0 aliphatic carbocycles. The lowest BCUT2D eigenvalue weighted by molar-refractivity contribution is 0.00831. The SMILES string of the molecule is Cc1cc(C(=O)N2CCOC(C(N)=S)C2)no1. The van der Waals surface area contributed by atoms with E-state index in [9.17, 15) is 4.79 Å². The molecule has 2 rings (SSSR count). The van der Waals surface area contributed by atoms with Crippen LogP contribution in [0.2, 0.25) is 0 Å². The van der Waals surface area contributed by atoms with Gasteiger partial charge in [0.1, 0.15) is 16.9 Å². The highest BCUT2D eigenvalue weighted by Crippen LogP contribution is 2.11. The quantitative estimate of drug-likeness (QED) is 0.755. The lowest BCUT2D eigenvalue weighted by Crippen LogP contribution is -2.50. The van der Waals surface area contributed by atoms with E-state index >= 15 is 0 Å².